The summed E-state index contributed by atoms with van der Waals surface area (Å²) >= 11 is 0. The molecule has 29 heavy (non-hydrogen) atoms. The van der Waals surface area contributed by atoms with Gasteiger partial charge in [0.15, 0.2) is 0 Å². The number of amides is 2. The van der Waals surface area contributed by atoms with Gasteiger partial charge in [0, 0.05) is 24.6 Å². The highest BCUT2D eigenvalue weighted by atomic mass is 19.1. The van der Waals surface area contributed by atoms with E-state index in [-0.39, 0.29) is 35.3 Å². The van der Waals surface area contributed by atoms with Crippen molar-refractivity contribution in [2.24, 2.45) is 17.8 Å². The average molecular weight is 406 g/mol. The smallest absolute Gasteiger partial charge is 0.410 e. The summed E-state index contributed by atoms with van der Waals surface area (Å²) in [4.78, 5) is 26.6. The van der Waals surface area contributed by atoms with E-state index in [2.05, 4.69) is 5.32 Å². The van der Waals surface area contributed by atoms with Gasteiger partial charge in [-0.1, -0.05) is 18.2 Å². The number of fused-ring (bicyclic) bond motifs is 1. The first-order valence-electron chi connectivity index (χ1n) is 10.0. The number of piperidine rings is 1. The van der Waals surface area contributed by atoms with Crippen LogP contribution in [0.2, 0.25) is 0 Å². The van der Waals surface area contributed by atoms with Gasteiger partial charge in [0.25, 0.3) is 0 Å². The van der Waals surface area contributed by atoms with E-state index in [1.807, 2.05) is 20.8 Å². The molecule has 1 heterocycles. The highest BCUT2D eigenvalue weighted by Crippen LogP contribution is 2.52. The van der Waals surface area contributed by atoms with Crippen molar-refractivity contribution in [3.8, 4) is 0 Å². The first-order chi connectivity index (χ1) is 13.3. The summed E-state index contributed by atoms with van der Waals surface area (Å²) in [6.07, 6.45) is -1.53. The molecule has 2 fully saturated rings. The standard InChI is InChI=1S/C22H31FN2O4/c1-12-8-7-9-13(17(12)23)18(26)22(5,6)24-19(27)16-14-10-25(11-15(14)16)20(28)29-21(2,3)4/h7-9,14-16,18,26H,10-11H2,1-6H3,(H,24,27)/t14-,15+,16?,18?. The van der Waals surface area contributed by atoms with E-state index in [1.54, 1.807) is 37.8 Å². The summed E-state index contributed by atoms with van der Waals surface area (Å²) in [7, 11) is 0. The number of carbonyl (C=O) groups excluding carboxylic acids is 2. The van der Waals surface area contributed by atoms with Gasteiger partial charge in [0.2, 0.25) is 5.91 Å². The summed E-state index contributed by atoms with van der Waals surface area (Å²) in [5.41, 5.74) is -0.968. The monoisotopic (exact) mass is 406 g/mol. The van der Waals surface area contributed by atoms with Gasteiger partial charge in [-0.25, -0.2) is 9.18 Å². The Hall–Kier alpha value is -2.15. The van der Waals surface area contributed by atoms with Crippen LogP contribution in [0.5, 0.6) is 0 Å². The van der Waals surface area contributed by atoms with Crippen LogP contribution in [0.25, 0.3) is 0 Å². The predicted octanol–water partition coefficient (Wildman–Crippen LogP) is 3.18. The normalized spacial score (nSPS) is 24.7. The second-order valence-electron chi connectivity index (χ2n) is 9.83. The molecular formula is C22H31FN2O4. The van der Waals surface area contributed by atoms with Gasteiger partial charge >= 0.3 is 6.09 Å². The third-order valence-electron chi connectivity index (χ3n) is 5.79. The fourth-order valence-corrected chi connectivity index (χ4v) is 4.13. The number of ether oxygens (including phenoxy) is 1. The number of carbonyl (C=O) groups is 2. The maximum atomic E-state index is 14.4. The molecule has 1 saturated carbocycles. The Morgan fingerprint density at radius 3 is 2.34 bits per heavy atom. The van der Waals surface area contributed by atoms with Crippen molar-refractivity contribution in [3.05, 3.63) is 35.1 Å². The van der Waals surface area contributed by atoms with Crippen LogP contribution in [-0.4, -0.2) is 46.2 Å². The van der Waals surface area contributed by atoms with Crippen LogP contribution in [-0.2, 0) is 9.53 Å². The highest BCUT2D eigenvalue weighted by Gasteiger charge is 2.61. The van der Waals surface area contributed by atoms with Gasteiger partial charge in [-0.05, 0) is 58.9 Å². The molecule has 1 aliphatic carbocycles. The average Bonchev–Trinajstić information content (AvgIpc) is 3.09. The number of rotatable bonds is 4. The molecule has 1 aliphatic heterocycles. The molecule has 0 spiro atoms. The van der Waals surface area contributed by atoms with Crippen LogP contribution >= 0.6 is 0 Å². The molecule has 1 aromatic carbocycles. The van der Waals surface area contributed by atoms with Crippen LogP contribution in [0.4, 0.5) is 9.18 Å². The highest BCUT2D eigenvalue weighted by molar-refractivity contribution is 5.84. The van der Waals surface area contributed by atoms with E-state index in [4.69, 9.17) is 4.74 Å². The molecule has 2 aliphatic rings. The van der Waals surface area contributed by atoms with Gasteiger partial charge in [0.1, 0.15) is 17.5 Å². The van der Waals surface area contributed by atoms with E-state index >= 15 is 0 Å². The molecule has 0 bridgehead atoms. The molecular weight excluding hydrogens is 375 g/mol. The Balaban J connectivity index is 1.58. The molecule has 1 aromatic rings. The Kier molecular flexibility index (Phi) is 5.41. The predicted molar refractivity (Wildman–Crippen MR) is 107 cm³/mol. The lowest BCUT2D eigenvalue weighted by Crippen LogP contribution is -2.49. The quantitative estimate of drug-likeness (QED) is 0.805. The van der Waals surface area contributed by atoms with E-state index in [1.165, 1.54) is 6.07 Å². The van der Waals surface area contributed by atoms with Crippen LogP contribution in [0.15, 0.2) is 18.2 Å². The molecule has 160 valence electrons. The Morgan fingerprint density at radius 1 is 1.21 bits per heavy atom. The maximum Gasteiger partial charge on any atom is 0.410 e. The van der Waals surface area contributed by atoms with Crippen molar-refractivity contribution in [2.75, 3.05) is 13.1 Å². The molecule has 2 amide bonds. The number of nitrogens with one attached hydrogen (secondary N) is 1. The number of likely N-dealkylation sites (tertiary alicyclic amines) is 1. The molecule has 7 heteroatoms. The summed E-state index contributed by atoms with van der Waals surface area (Å²) in [5.74, 6) is -0.612. The summed E-state index contributed by atoms with van der Waals surface area (Å²) in [6, 6.07) is 4.86. The number of hydrogen-bond acceptors (Lipinski definition) is 4. The number of hydrogen-bond donors (Lipinski definition) is 2. The molecule has 4 atom stereocenters. The number of aliphatic hydroxyl groups is 1. The fraction of sp³-hybridized carbons (Fsp3) is 0.636. The molecule has 2 N–H and O–H groups in total. The molecule has 0 aromatic heterocycles. The molecule has 2 unspecified atom stereocenters. The van der Waals surface area contributed by atoms with Crippen molar-refractivity contribution >= 4 is 12.0 Å². The zero-order valence-corrected chi connectivity index (χ0v) is 18.0. The van der Waals surface area contributed by atoms with Crippen LogP contribution in [0.1, 0.15) is 51.8 Å². The third kappa shape index (κ3) is 4.39. The first kappa shape index (κ1) is 21.6. The fourth-order valence-electron chi connectivity index (χ4n) is 4.13. The maximum absolute atomic E-state index is 14.4. The Bertz CT molecular complexity index is 806. The second-order valence-corrected chi connectivity index (χ2v) is 9.83. The van der Waals surface area contributed by atoms with Crippen molar-refractivity contribution in [2.45, 2.75) is 58.8 Å². The third-order valence-corrected chi connectivity index (χ3v) is 5.79. The number of aryl methyl sites for hydroxylation is 1. The number of nitrogens with zero attached hydrogens (tertiary/aromatic N) is 1. The summed E-state index contributed by atoms with van der Waals surface area (Å²) in [5, 5.41) is 13.6. The molecule has 0 radical (unpaired) electrons. The Morgan fingerprint density at radius 2 is 1.79 bits per heavy atom. The molecule has 6 nitrogen and oxygen atoms in total. The van der Waals surface area contributed by atoms with Crippen LogP contribution in [0.3, 0.4) is 0 Å². The van der Waals surface area contributed by atoms with Crippen LogP contribution < -0.4 is 5.32 Å². The number of aliphatic hydroxyl groups excluding tert-OH is 1. The van der Waals surface area contributed by atoms with Crippen molar-refractivity contribution in [1.29, 1.82) is 0 Å². The van der Waals surface area contributed by atoms with Crippen LogP contribution in [0, 0.1) is 30.5 Å². The zero-order valence-electron chi connectivity index (χ0n) is 18.0. The lowest BCUT2D eigenvalue weighted by molar-refractivity contribution is -0.126. The van der Waals surface area contributed by atoms with E-state index in [9.17, 15) is 19.1 Å². The zero-order chi connectivity index (χ0) is 21.7. The summed E-state index contributed by atoms with van der Waals surface area (Å²) < 4.78 is 19.8. The first-order valence-corrected chi connectivity index (χ1v) is 10.0. The van der Waals surface area contributed by atoms with E-state index < -0.39 is 23.1 Å². The second kappa shape index (κ2) is 7.27. The minimum absolute atomic E-state index is 0.103. The largest absolute Gasteiger partial charge is 0.444 e. The Labute approximate surface area is 171 Å². The number of halogens is 1. The van der Waals surface area contributed by atoms with Gasteiger partial charge in [-0.15, -0.1) is 0 Å². The SMILES string of the molecule is Cc1cccc(C(O)C(C)(C)NC(=O)C2[C@H]3CN(C(=O)OC(C)(C)C)C[C@@H]23)c1F. The lowest BCUT2D eigenvalue weighted by atomic mass is 9.89. The topological polar surface area (TPSA) is 78.9 Å². The molecule has 3 rings (SSSR count). The number of benzene rings is 1. The van der Waals surface area contributed by atoms with Gasteiger partial charge < -0.3 is 20.1 Å². The summed E-state index contributed by atoms with van der Waals surface area (Å²) in [6.45, 7) is 11.5. The van der Waals surface area contributed by atoms with Crippen molar-refractivity contribution in [1.82, 2.24) is 10.2 Å². The van der Waals surface area contributed by atoms with Crippen molar-refractivity contribution < 1.29 is 23.8 Å². The molecule has 1 saturated heterocycles. The minimum atomic E-state index is -1.18. The van der Waals surface area contributed by atoms with E-state index in [0.717, 1.165) is 0 Å². The lowest BCUT2D eigenvalue weighted by Gasteiger charge is -2.33. The van der Waals surface area contributed by atoms with Crippen molar-refractivity contribution in [3.63, 3.8) is 0 Å². The minimum Gasteiger partial charge on any atom is -0.444 e. The van der Waals surface area contributed by atoms with Gasteiger partial charge in [0.05, 0.1) is 5.54 Å². The van der Waals surface area contributed by atoms with E-state index in [0.29, 0.717) is 18.7 Å². The van der Waals surface area contributed by atoms with Gasteiger partial charge in [-0.3, -0.25) is 4.79 Å². The van der Waals surface area contributed by atoms with Gasteiger partial charge in [-0.2, -0.15) is 0 Å².